The number of rotatable bonds is 5. The van der Waals surface area contributed by atoms with Gasteiger partial charge in [0, 0.05) is 12.3 Å². The molecule has 2 rings (SSSR count). The monoisotopic (exact) mass is 371 g/mol. The van der Waals surface area contributed by atoms with Gasteiger partial charge in [0.25, 0.3) is 0 Å². The molecule has 130 valence electrons. The highest BCUT2D eigenvalue weighted by Crippen LogP contribution is 2.21. The molecule has 2 aromatic carbocycles. The molecule has 0 aliphatic carbocycles. The zero-order chi connectivity index (χ0) is 18.1. The Labute approximate surface area is 141 Å². The maximum absolute atomic E-state index is 13.1. The molecule has 0 saturated carbocycles. The highest BCUT2D eigenvalue weighted by Gasteiger charge is 2.21. The third-order valence-electron chi connectivity index (χ3n) is 3.57. The van der Waals surface area contributed by atoms with Crippen LogP contribution in [0.2, 0.25) is 0 Å². The van der Waals surface area contributed by atoms with Crippen molar-refractivity contribution in [1.29, 1.82) is 0 Å². The maximum Gasteiger partial charge on any atom is 0.241 e. The van der Waals surface area contributed by atoms with E-state index in [1.807, 2.05) is 0 Å². The lowest BCUT2D eigenvalue weighted by molar-refractivity contribution is 0.565. The van der Waals surface area contributed by atoms with E-state index in [-0.39, 0.29) is 9.79 Å². The van der Waals surface area contributed by atoms with Crippen molar-refractivity contribution in [3.63, 3.8) is 0 Å². The van der Waals surface area contributed by atoms with Crippen LogP contribution in [0.3, 0.4) is 0 Å². The maximum atomic E-state index is 13.1. The summed E-state index contributed by atoms with van der Waals surface area (Å²) in [6, 6.07) is 8.85. The van der Waals surface area contributed by atoms with Gasteiger partial charge in [-0.25, -0.2) is 25.9 Å². The summed E-state index contributed by atoms with van der Waals surface area (Å²) in [7, 11) is -7.14. The molecule has 0 radical (unpaired) electrons. The minimum Gasteiger partial charge on any atom is -0.224 e. The summed E-state index contributed by atoms with van der Waals surface area (Å²) in [5, 5.41) is 0. The third kappa shape index (κ3) is 4.19. The topological polar surface area (TPSA) is 80.3 Å². The second-order valence-electron chi connectivity index (χ2n) is 5.59. The summed E-state index contributed by atoms with van der Waals surface area (Å²) in [5.74, 6) is -0.504. The molecule has 1 atom stereocenters. The van der Waals surface area contributed by atoms with Crippen LogP contribution in [0.5, 0.6) is 0 Å². The number of sulfone groups is 1. The van der Waals surface area contributed by atoms with Gasteiger partial charge >= 0.3 is 0 Å². The van der Waals surface area contributed by atoms with Gasteiger partial charge in [-0.1, -0.05) is 12.1 Å². The predicted molar refractivity (Wildman–Crippen MR) is 89.4 cm³/mol. The van der Waals surface area contributed by atoms with E-state index in [2.05, 4.69) is 4.72 Å². The first-order chi connectivity index (χ1) is 11.0. The SMILES string of the molecule is Cc1cc(F)ccc1S(=O)(=O)N[C@H](C)c1ccc(S(C)(=O)=O)cc1. The lowest BCUT2D eigenvalue weighted by Crippen LogP contribution is -2.27. The Hall–Kier alpha value is -1.77. The van der Waals surface area contributed by atoms with Gasteiger partial charge in [-0.2, -0.15) is 0 Å². The van der Waals surface area contributed by atoms with Crippen LogP contribution in [-0.4, -0.2) is 23.1 Å². The van der Waals surface area contributed by atoms with Gasteiger partial charge in [0.1, 0.15) is 5.82 Å². The van der Waals surface area contributed by atoms with Crippen LogP contribution in [0.15, 0.2) is 52.3 Å². The fraction of sp³-hybridized carbons (Fsp3) is 0.250. The second kappa shape index (κ2) is 6.62. The number of halogens is 1. The van der Waals surface area contributed by atoms with Gasteiger partial charge in [0.05, 0.1) is 9.79 Å². The van der Waals surface area contributed by atoms with Crippen LogP contribution in [0.1, 0.15) is 24.1 Å². The number of sulfonamides is 1. The molecule has 0 unspecified atom stereocenters. The summed E-state index contributed by atoms with van der Waals surface area (Å²) < 4.78 is 63.4. The van der Waals surface area contributed by atoms with Crippen LogP contribution < -0.4 is 4.72 Å². The molecule has 0 aliphatic rings. The molecule has 0 spiro atoms. The van der Waals surface area contributed by atoms with Gasteiger partial charge in [-0.3, -0.25) is 0 Å². The molecule has 8 heteroatoms. The number of benzene rings is 2. The van der Waals surface area contributed by atoms with Gasteiger partial charge in [0.2, 0.25) is 10.0 Å². The van der Waals surface area contributed by atoms with Crippen LogP contribution in [0.4, 0.5) is 4.39 Å². The first-order valence-corrected chi connectivity index (χ1v) is 10.5. The molecular formula is C16H18FNO4S2. The van der Waals surface area contributed by atoms with E-state index in [4.69, 9.17) is 0 Å². The van der Waals surface area contributed by atoms with Crippen LogP contribution in [-0.2, 0) is 19.9 Å². The highest BCUT2D eigenvalue weighted by atomic mass is 32.2. The Morgan fingerprint density at radius 2 is 1.58 bits per heavy atom. The van der Waals surface area contributed by atoms with Crippen LogP contribution in [0, 0.1) is 12.7 Å². The predicted octanol–water partition coefficient (Wildman–Crippen LogP) is 2.58. The summed E-state index contributed by atoms with van der Waals surface area (Å²) >= 11 is 0. The molecule has 0 heterocycles. The highest BCUT2D eigenvalue weighted by molar-refractivity contribution is 7.90. The lowest BCUT2D eigenvalue weighted by Gasteiger charge is -2.16. The zero-order valence-electron chi connectivity index (χ0n) is 13.4. The van der Waals surface area contributed by atoms with E-state index in [0.29, 0.717) is 11.1 Å². The standard InChI is InChI=1S/C16H18FNO4S2/c1-11-10-14(17)6-9-16(11)24(21,22)18-12(2)13-4-7-15(8-5-13)23(3,19)20/h4-10,12,18H,1-3H3/t12-/m1/s1. The fourth-order valence-electron chi connectivity index (χ4n) is 2.28. The average molecular weight is 371 g/mol. The van der Waals surface area contributed by atoms with Gasteiger partial charge in [-0.05, 0) is 55.3 Å². The molecule has 2 aromatic rings. The number of aryl methyl sites for hydroxylation is 1. The van der Waals surface area contributed by atoms with E-state index < -0.39 is 31.7 Å². The first kappa shape index (κ1) is 18.6. The number of nitrogens with one attached hydrogen (secondary N) is 1. The third-order valence-corrected chi connectivity index (χ3v) is 6.40. The molecule has 0 amide bonds. The lowest BCUT2D eigenvalue weighted by atomic mass is 10.1. The summed E-state index contributed by atoms with van der Waals surface area (Å²) in [6.07, 6.45) is 1.10. The van der Waals surface area contributed by atoms with E-state index in [1.54, 1.807) is 19.1 Å². The normalized spacial score (nSPS) is 13.7. The smallest absolute Gasteiger partial charge is 0.224 e. The summed E-state index contributed by atoms with van der Waals surface area (Å²) in [4.78, 5) is 0.166. The summed E-state index contributed by atoms with van der Waals surface area (Å²) in [5.41, 5.74) is 0.924. The quantitative estimate of drug-likeness (QED) is 0.876. The van der Waals surface area contributed by atoms with E-state index >= 15 is 0 Å². The minimum atomic E-state index is -3.83. The fourth-order valence-corrected chi connectivity index (χ4v) is 4.37. The van der Waals surface area contributed by atoms with Crippen LogP contribution >= 0.6 is 0 Å². The van der Waals surface area contributed by atoms with Crippen molar-refractivity contribution in [1.82, 2.24) is 4.72 Å². The number of hydrogen-bond donors (Lipinski definition) is 1. The molecular weight excluding hydrogens is 353 g/mol. The molecule has 0 saturated heterocycles. The van der Waals surface area contributed by atoms with Crippen molar-refractivity contribution >= 4 is 19.9 Å². The van der Waals surface area contributed by atoms with Crippen molar-refractivity contribution in [2.75, 3.05) is 6.26 Å². The number of hydrogen-bond acceptors (Lipinski definition) is 4. The Bertz CT molecular complexity index is 952. The Balaban J connectivity index is 2.26. The Kier molecular flexibility index (Phi) is 5.12. The summed E-state index contributed by atoms with van der Waals surface area (Å²) in [6.45, 7) is 3.16. The first-order valence-electron chi connectivity index (χ1n) is 7.09. The molecule has 1 N–H and O–H groups in total. The molecule has 0 bridgehead atoms. The molecule has 5 nitrogen and oxygen atoms in total. The molecule has 24 heavy (non-hydrogen) atoms. The zero-order valence-corrected chi connectivity index (χ0v) is 15.1. The van der Waals surface area contributed by atoms with Crippen LogP contribution in [0.25, 0.3) is 0 Å². The van der Waals surface area contributed by atoms with E-state index in [0.717, 1.165) is 18.4 Å². The van der Waals surface area contributed by atoms with Gasteiger partial charge in [0.15, 0.2) is 9.84 Å². The second-order valence-corrected chi connectivity index (χ2v) is 9.29. The van der Waals surface area contributed by atoms with Crippen molar-refractivity contribution < 1.29 is 21.2 Å². The van der Waals surface area contributed by atoms with Crippen molar-refractivity contribution in [3.8, 4) is 0 Å². The van der Waals surface area contributed by atoms with Gasteiger partial charge < -0.3 is 0 Å². The minimum absolute atomic E-state index is 0.00325. The molecule has 0 aromatic heterocycles. The Morgan fingerprint density at radius 1 is 1.00 bits per heavy atom. The van der Waals surface area contributed by atoms with Gasteiger partial charge in [-0.15, -0.1) is 0 Å². The molecule has 0 aliphatic heterocycles. The van der Waals surface area contributed by atoms with Crippen molar-refractivity contribution in [2.45, 2.75) is 29.7 Å². The molecule has 0 fully saturated rings. The van der Waals surface area contributed by atoms with Crippen molar-refractivity contribution in [3.05, 3.63) is 59.4 Å². The van der Waals surface area contributed by atoms with Crippen molar-refractivity contribution in [2.24, 2.45) is 0 Å². The largest absolute Gasteiger partial charge is 0.241 e. The van der Waals surface area contributed by atoms with E-state index in [9.17, 15) is 21.2 Å². The average Bonchev–Trinajstić information content (AvgIpc) is 2.45. The van der Waals surface area contributed by atoms with E-state index in [1.165, 1.54) is 25.1 Å². The Morgan fingerprint density at radius 3 is 2.08 bits per heavy atom.